The van der Waals surface area contributed by atoms with Crippen molar-refractivity contribution in [1.29, 1.82) is 0 Å². The molecule has 0 saturated heterocycles. The largest absolute Gasteiger partial charge is 0.488 e. The van der Waals surface area contributed by atoms with E-state index in [2.05, 4.69) is 43.1 Å². The van der Waals surface area contributed by atoms with Crippen molar-refractivity contribution in [3.05, 3.63) is 133 Å². The van der Waals surface area contributed by atoms with Crippen LogP contribution in [0.2, 0.25) is 10.0 Å². The van der Waals surface area contributed by atoms with Crippen LogP contribution in [-0.2, 0) is 14.1 Å². The SMILES string of the molecule is CCN(C(=O)c1c(OCCOc2c(C=O)c(=O)n(C)c3cccc(Cl)c23)c2c(Cl)cccc2n(C)c1=O)C1=CCCC=C1.CCN(C)c1ccccc1. The van der Waals surface area contributed by atoms with Crippen LogP contribution in [0.1, 0.15) is 47.4 Å². The summed E-state index contributed by atoms with van der Waals surface area (Å²) in [6.07, 6.45) is 7.88. The van der Waals surface area contributed by atoms with Gasteiger partial charge in [-0.1, -0.05) is 65.7 Å². The molecule has 0 aliphatic heterocycles. The lowest BCUT2D eigenvalue weighted by Crippen LogP contribution is -2.36. The quantitative estimate of drug-likeness (QED) is 0.100. The van der Waals surface area contributed by atoms with Gasteiger partial charge in [0.2, 0.25) is 0 Å². The molecule has 1 aliphatic carbocycles. The van der Waals surface area contributed by atoms with Crippen molar-refractivity contribution in [3.8, 4) is 11.5 Å². The van der Waals surface area contributed by atoms with Gasteiger partial charge in [-0.15, -0.1) is 0 Å². The number of para-hydroxylation sites is 1. The molecule has 6 rings (SSSR count). The summed E-state index contributed by atoms with van der Waals surface area (Å²) in [7, 11) is 5.21. The van der Waals surface area contributed by atoms with Crippen LogP contribution in [-0.4, -0.2) is 59.6 Å². The normalized spacial score (nSPS) is 12.2. The van der Waals surface area contributed by atoms with Crippen LogP contribution in [0.3, 0.4) is 0 Å². The average Bonchev–Trinajstić information content (AvgIpc) is 3.18. The third-order valence-corrected chi connectivity index (χ3v) is 9.74. The molecule has 276 valence electrons. The molecular weight excluding hydrogens is 715 g/mol. The van der Waals surface area contributed by atoms with Crippen molar-refractivity contribution in [1.82, 2.24) is 14.0 Å². The predicted octanol–water partition coefficient (Wildman–Crippen LogP) is 7.81. The minimum atomic E-state index is -0.540. The Morgan fingerprint density at radius 3 is 1.92 bits per heavy atom. The molecule has 5 aromatic rings. The molecule has 0 unspecified atom stereocenters. The van der Waals surface area contributed by atoms with Crippen molar-refractivity contribution < 1.29 is 19.1 Å². The van der Waals surface area contributed by atoms with Gasteiger partial charge < -0.3 is 28.4 Å². The van der Waals surface area contributed by atoms with E-state index in [0.29, 0.717) is 50.4 Å². The Bertz CT molecular complexity index is 2330. The zero-order valence-electron chi connectivity index (χ0n) is 30.4. The number of allylic oxidation sites excluding steroid dienone is 3. The molecule has 2 heterocycles. The third-order valence-electron chi connectivity index (χ3n) is 9.11. The number of carbonyl (C=O) groups is 2. The standard InChI is InChI=1S/C32H29Cl2N3O6.C9H13N/c1-4-37(19-10-6-5-7-11-19)32(41)27-29(26-22(34)13-9-15-24(26)36(3)31(27)40)43-17-16-42-28-20(18-38)30(39)35(2)23-14-8-12-21(33)25(23)28;1-3-10(2)9-7-5-4-6-8-9/h6,8-15,18H,4-5,7,16-17H2,1-3H3;4-8H,3H2,1-2H3. The summed E-state index contributed by atoms with van der Waals surface area (Å²) < 4.78 is 14.8. The first-order valence-electron chi connectivity index (χ1n) is 17.3. The Hall–Kier alpha value is -5.32. The van der Waals surface area contributed by atoms with Gasteiger partial charge in [0.05, 0.1) is 31.9 Å². The Labute approximate surface area is 318 Å². The summed E-state index contributed by atoms with van der Waals surface area (Å²) in [5.41, 5.74) is 1.52. The molecule has 0 N–H and O–H groups in total. The molecule has 1 aliphatic rings. The highest BCUT2D eigenvalue weighted by Gasteiger charge is 2.29. The first-order valence-corrected chi connectivity index (χ1v) is 18.1. The molecule has 1 amide bonds. The second kappa shape index (κ2) is 17.5. The summed E-state index contributed by atoms with van der Waals surface area (Å²) in [5.74, 6) is -0.469. The average molecular weight is 758 g/mol. The molecule has 12 heteroatoms. The predicted molar refractivity (Wildman–Crippen MR) is 213 cm³/mol. The number of hydrogen-bond donors (Lipinski definition) is 0. The fourth-order valence-corrected chi connectivity index (χ4v) is 6.68. The molecule has 0 atom stereocenters. The molecule has 3 aromatic carbocycles. The van der Waals surface area contributed by atoms with Crippen LogP contribution in [0.25, 0.3) is 21.8 Å². The van der Waals surface area contributed by atoms with Crippen molar-refractivity contribution in [2.24, 2.45) is 14.1 Å². The Kier molecular flexibility index (Phi) is 12.8. The molecular formula is C41H42Cl2N4O6. The number of fused-ring (bicyclic) bond motifs is 2. The highest BCUT2D eigenvalue weighted by Crippen LogP contribution is 2.36. The Morgan fingerprint density at radius 2 is 1.38 bits per heavy atom. The van der Waals surface area contributed by atoms with Gasteiger partial charge in [0.15, 0.2) is 6.29 Å². The molecule has 0 bridgehead atoms. The molecule has 10 nitrogen and oxygen atoms in total. The summed E-state index contributed by atoms with van der Waals surface area (Å²) in [4.78, 5) is 56.2. The van der Waals surface area contributed by atoms with Gasteiger partial charge in [-0.3, -0.25) is 19.2 Å². The highest BCUT2D eigenvalue weighted by molar-refractivity contribution is 6.36. The molecule has 53 heavy (non-hydrogen) atoms. The third kappa shape index (κ3) is 8.04. The van der Waals surface area contributed by atoms with E-state index in [4.69, 9.17) is 32.7 Å². The number of carbonyl (C=O) groups excluding carboxylic acids is 2. The minimum absolute atomic E-state index is 0.0265. The number of halogens is 2. The first kappa shape index (κ1) is 38.9. The highest BCUT2D eigenvalue weighted by atomic mass is 35.5. The lowest BCUT2D eigenvalue weighted by atomic mass is 10.1. The van der Waals surface area contributed by atoms with Crippen LogP contribution in [0.4, 0.5) is 5.69 Å². The number of ether oxygens (including phenoxy) is 2. The number of hydrogen-bond acceptors (Lipinski definition) is 7. The van der Waals surface area contributed by atoms with Gasteiger partial charge in [-0.25, -0.2) is 0 Å². The number of rotatable bonds is 11. The first-order chi connectivity index (χ1) is 25.5. The molecule has 0 fully saturated rings. The van der Waals surface area contributed by atoms with E-state index in [1.165, 1.54) is 19.7 Å². The van der Waals surface area contributed by atoms with E-state index < -0.39 is 17.0 Å². The van der Waals surface area contributed by atoms with Gasteiger partial charge >= 0.3 is 0 Å². The Morgan fingerprint density at radius 1 is 0.792 bits per heavy atom. The molecule has 0 spiro atoms. The smallest absolute Gasteiger partial charge is 0.267 e. The summed E-state index contributed by atoms with van der Waals surface area (Å²) in [5, 5.41) is 1.40. The number of aldehydes is 1. The van der Waals surface area contributed by atoms with Crippen molar-refractivity contribution in [3.63, 3.8) is 0 Å². The second-order valence-electron chi connectivity index (χ2n) is 12.3. The lowest BCUT2D eigenvalue weighted by molar-refractivity contribution is 0.0808. The van der Waals surface area contributed by atoms with Crippen LogP contribution in [0.15, 0.2) is 100 Å². The number of aryl methyl sites for hydroxylation is 2. The van der Waals surface area contributed by atoms with E-state index in [-0.39, 0.29) is 35.8 Å². The van der Waals surface area contributed by atoms with Crippen LogP contribution in [0.5, 0.6) is 11.5 Å². The van der Waals surface area contributed by atoms with Gasteiger partial charge in [-0.2, -0.15) is 0 Å². The second-order valence-corrected chi connectivity index (χ2v) is 13.1. The van der Waals surface area contributed by atoms with Crippen LogP contribution >= 0.6 is 23.2 Å². The summed E-state index contributed by atoms with van der Waals surface area (Å²) in [6.45, 7) is 5.07. The molecule has 0 radical (unpaired) electrons. The van der Waals surface area contributed by atoms with Gasteiger partial charge in [0.1, 0.15) is 35.8 Å². The maximum Gasteiger partial charge on any atom is 0.267 e. The van der Waals surface area contributed by atoms with Crippen LogP contribution < -0.4 is 25.5 Å². The number of likely N-dealkylation sites (N-methyl/N-ethyl adjacent to an activating group) is 1. The molecule has 0 saturated carbocycles. The van der Waals surface area contributed by atoms with E-state index >= 15 is 0 Å². The van der Waals surface area contributed by atoms with Crippen molar-refractivity contribution in [2.45, 2.75) is 26.7 Å². The summed E-state index contributed by atoms with van der Waals surface area (Å²) in [6, 6.07) is 20.5. The lowest BCUT2D eigenvalue weighted by Gasteiger charge is -2.25. The monoisotopic (exact) mass is 756 g/mol. The van der Waals surface area contributed by atoms with Crippen LogP contribution in [0, 0.1) is 0 Å². The van der Waals surface area contributed by atoms with Gasteiger partial charge in [-0.05, 0) is 69.2 Å². The van der Waals surface area contributed by atoms with Crippen molar-refractivity contribution >= 4 is 62.9 Å². The fraction of sp³-hybridized carbons (Fsp3) is 0.268. The topological polar surface area (TPSA) is 103 Å². The van der Waals surface area contributed by atoms with Gasteiger partial charge in [0, 0.05) is 45.6 Å². The maximum absolute atomic E-state index is 14.0. The summed E-state index contributed by atoms with van der Waals surface area (Å²) >= 11 is 13.1. The van der Waals surface area contributed by atoms with E-state index in [0.717, 1.165) is 19.4 Å². The van der Waals surface area contributed by atoms with Gasteiger partial charge in [0.25, 0.3) is 17.0 Å². The van der Waals surface area contributed by atoms with E-state index in [1.807, 2.05) is 31.2 Å². The zero-order valence-corrected chi connectivity index (χ0v) is 31.9. The molecule has 2 aromatic heterocycles. The van der Waals surface area contributed by atoms with E-state index in [1.54, 1.807) is 50.5 Å². The fourth-order valence-electron chi connectivity index (χ4n) is 6.17. The number of benzene rings is 3. The Balaban J connectivity index is 0.000000469. The number of nitrogens with zero attached hydrogens (tertiary/aromatic N) is 4. The number of pyridine rings is 2. The van der Waals surface area contributed by atoms with E-state index in [9.17, 15) is 19.2 Å². The minimum Gasteiger partial charge on any atom is -0.488 e. The number of aromatic nitrogens is 2. The zero-order chi connectivity index (χ0) is 38.2. The number of amides is 1. The maximum atomic E-state index is 14.0. The number of anilines is 1. The van der Waals surface area contributed by atoms with Crippen molar-refractivity contribution in [2.75, 3.05) is 38.3 Å².